The van der Waals surface area contributed by atoms with Crippen LogP contribution in [0, 0.1) is 27.7 Å². The minimum atomic E-state index is -0.222. The summed E-state index contributed by atoms with van der Waals surface area (Å²) in [4.78, 5) is 34.1. The second-order valence-electron chi connectivity index (χ2n) is 10.5. The zero-order valence-corrected chi connectivity index (χ0v) is 25.8. The van der Waals surface area contributed by atoms with Crippen molar-refractivity contribution < 1.29 is 14.3 Å². The highest BCUT2D eigenvalue weighted by Crippen LogP contribution is 2.28. The van der Waals surface area contributed by atoms with E-state index in [-0.39, 0.29) is 17.9 Å². The molecule has 3 heterocycles. The molecule has 0 saturated carbocycles. The van der Waals surface area contributed by atoms with Gasteiger partial charge in [0.1, 0.15) is 5.69 Å². The van der Waals surface area contributed by atoms with Crippen LogP contribution in [0.15, 0.2) is 52.6 Å². The Morgan fingerprint density at radius 1 is 1.02 bits per heavy atom. The van der Waals surface area contributed by atoms with E-state index >= 15 is 0 Å². The standard InChI is InChI=1S/C32H35N5O4S/c1-19-9-8-10-26(21(19)3)37-20(2)15-25(34-37)30-22(4)33-32-36(31(30)39)24(18-42-32)17-29(38)35(5)14-13-23-11-12-27(40-6)28(16-23)41-7/h8-12,15-16,18H,13-14,17H2,1-7H3. The summed E-state index contributed by atoms with van der Waals surface area (Å²) in [5.74, 6) is 1.23. The maximum atomic E-state index is 13.9. The number of hydrogen-bond acceptors (Lipinski definition) is 7. The molecule has 0 aliphatic heterocycles. The fourth-order valence-corrected chi connectivity index (χ4v) is 6.00. The molecule has 1 amide bonds. The number of aryl methyl sites for hydroxylation is 3. The van der Waals surface area contributed by atoms with Crippen LogP contribution in [-0.4, -0.2) is 57.8 Å². The number of carbonyl (C=O) groups excluding carboxylic acids is 1. The zero-order valence-electron chi connectivity index (χ0n) is 25.0. The van der Waals surface area contributed by atoms with Gasteiger partial charge in [0.25, 0.3) is 5.56 Å². The van der Waals surface area contributed by atoms with Crippen LogP contribution in [0.5, 0.6) is 11.5 Å². The number of methoxy groups -OCH3 is 2. The van der Waals surface area contributed by atoms with Gasteiger partial charge in [-0.1, -0.05) is 18.2 Å². The van der Waals surface area contributed by atoms with E-state index in [1.165, 1.54) is 16.9 Å². The fraction of sp³-hybridized carbons (Fsp3) is 0.312. The molecule has 0 N–H and O–H groups in total. The molecule has 0 saturated heterocycles. The first-order chi connectivity index (χ1) is 20.1. The molecule has 0 aliphatic carbocycles. The van der Waals surface area contributed by atoms with Crippen molar-refractivity contribution in [1.82, 2.24) is 24.1 Å². The van der Waals surface area contributed by atoms with E-state index in [2.05, 4.69) is 19.9 Å². The van der Waals surface area contributed by atoms with E-state index in [1.807, 2.05) is 60.3 Å². The largest absolute Gasteiger partial charge is 0.493 e. The number of aromatic nitrogens is 4. The van der Waals surface area contributed by atoms with Crippen molar-refractivity contribution in [2.75, 3.05) is 27.8 Å². The van der Waals surface area contributed by atoms with E-state index in [4.69, 9.17) is 19.6 Å². The number of carbonyl (C=O) groups is 1. The zero-order chi connectivity index (χ0) is 30.1. The van der Waals surface area contributed by atoms with Crippen molar-refractivity contribution in [2.45, 2.75) is 40.5 Å². The Balaban J connectivity index is 1.40. The summed E-state index contributed by atoms with van der Waals surface area (Å²) in [5, 5.41) is 6.68. The summed E-state index contributed by atoms with van der Waals surface area (Å²) >= 11 is 1.36. The van der Waals surface area contributed by atoms with Crippen LogP contribution in [0.1, 0.15) is 33.8 Å². The molecule has 10 heteroatoms. The van der Waals surface area contributed by atoms with Gasteiger partial charge in [0.05, 0.1) is 37.6 Å². The predicted molar refractivity (Wildman–Crippen MR) is 165 cm³/mol. The van der Waals surface area contributed by atoms with E-state index < -0.39 is 0 Å². The van der Waals surface area contributed by atoms with Crippen molar-refractivity contribution in [3.63, 3.8) is 0 Å². The van der Waals surface area contributed by atoms with Crippen molar-refractivity contribution in [2.24, 2.45) is 0 Å². The lowest BCUT2D eigenvalue weighted by atomic mass is 10.1. The molecule has 5 aromatic rings. The Hall–Kier alpha value is -4.44. The predicted octanol–water partition coefficient (Wildman–Crippen LogP) is 5.10. The van der Waals surface area contributed by atoms with Gasteiger partial charge in [0.15, 0.2) is 16.5 Å². The lowest BCUT2D eigenvalue weighted by molar-refractivity contribution is -0.129. The summed E-state index contributed by atoms with van der Waals surface area (Å²) < 4.78 is 14.1. The molecule has 0 fully saturated rings. The highest BCUT2D eigenvalue weighted by molar-refractivity contribution is 7.15. The first kappa shape index (κ1) is 29.1. The number of hydrogen-bond donors (Lipinski definition) is 0. The van der Waals surface area contributed by atoms with E-state index in [0.29, 0.717) is 52.1 Å². The molecule has 9 nitrogen and oxygen atoms in total. The van der Waals surface area contributed by atoms with Gasteiger partial charge in [0, 0.05) is 30.4 Å². The van der Waals surface area contributed by atoms with Crippen LogP contribution in [-0.2, 0) is 17.6 Å². The number of amides is 1. The molecule has 0 bridgehead atoms. The topological polar surface area (TPSA) is 91.0 Å². The highest BCUT2D eigenvalue weighted by atomic mass is 32.1. The van der Waals surface area contributed by atoms with Crippen LogP contribution in [0.3, 0.4) is 0 Å². The molecule has 0 unspecified atom stereocenters. The minimum Gasteiger partial charge on any atom is -0.493 e. The number of rotatable bonds is 9. The van der Waals surface area contributed by atoms with Gasteiger partial charge < -0.3 is 14.4 Å². The molecule has 3 aromatic heterocycles. The molecule has 2 aromatic carbocycles. The van der Waals surface area contributed by atoms with Gasteiger partial charge in [0.2, 0.25) is 5.91 Å². The van der Waals surface area contributed by atoms with Crippen LogP contribution in [0.4, 0.5) is 0 Å². The Kier molecular flexibility index (Phi) is 8.17. The summed E-state index contributed by atoms with van der Waals surface area (Å²) in [7, 11) is 4.98. The Labute approximate surface area is 249 Å². The number of ether oxygens (including phenoxy) is 2. The average molecular weight is 586 g/mol. The summed E-state index contributed by atoms with van der Waals surface area (Å²) in [6.45, 7) is 8.46. The van der Waals surface area contributed by atoms with Crippen molar-refractivity contribution >= 4 is 22.2 Å². The average Bonchev–Trinajstić information content (AvgIpc) is 3.55. The molecule has 0 atom stereocenters. The maximum Gasteiger partial charge on any atom is 0.268 e. The second-order valence-corrected chi connectivity index (χ2v) is 11.3. The summed E-state index contributed by atoms with van der Waals surface area (Å²) in [6, 6.07) is 13.8. The lowest BCUT2D eigenvalue weighted by Crippen LogP contribution is -2.31. The van der Waals surface area contributed by atoms with E-state index in [1.54, 1.807) is 30.6 Å². The van der Waals surface area contributed by atoms with Crippen LogP contribution in [0.2, 0.25) is 0 Å². The minimum absolute atomic E-state index is 0.0840. The molecular weight excluding hydrogens is 550 g/mol. The van der Waals surface area contributed by atoms with Gasteiger partial charge >= 0.3 is 0 Å². The van der Waals surface area contributed by atoms with Gasteiger partial charge in [-0.15, -0.1) is 11.3 Å². The lowest BCUT2D eigenvalue weighted by Gasteiger charge is -2.18. The summed E-state index contributed by atoms with van der Waals surface area (Å²) in [5.41, 5.74) is 7.23. The van der Waals surface area contributed by atoms with E-state index in [0.717, 1.165) is 22.5 Å². The number of benzene rings is 2. The van der Waals surface area contributed by atoms with Gasteiger partial charge in [-0.05, 0) is 75.1 Å². The number of likely N-dealkylation sites (N-methyl/N-ethyl adjacent to an activating group) is 1. The molecule has 42 heavy (non-hydrogen) atoms. The SMILES string of the molecule is COc1ccc(CCN(C)C(=O)Cc2csc3nc(C)c(-c4cc(C)n(-c5cccc(C)c5C)n4)c(=O)n23)cc1OC. The fourth-order valence-electron chi connectivity index (χ4n) is 5.08. The third-order valence-electron chi connectivity index (χ3n) is 7.71. The molecule has 218 valence electrons. The third kappa shape index (κ3) is 5.42. The van der Waals surface area contributed by atoms with Crippen molar-refractivity contribution in [1.29, 1.82) is 0 Å². The first-order valence-corrected chi connectivity index (χ1v) is 14.6. The molecular formula is C32H35N5O4S. The molecule has 0 spiro atoms. The van der Waals surface area contributed by atoms with E-state index in [9.17, 15) is 9.59 Å². The number of fused-ring (bicyclic) bond motifs is 1. The summed E-state index contributed by atoms with van der Waals surface area (Å²) in [6.07, 6.45) is 0.739. The van der Waals surface area contributed by atoms with Crippen LogP contribution < -0.4 is 15.0 Å². The number of thiazole rings is 1. The maximum absolute atomic E-state index is 13.9. The highest BCUT2D eigenvalue weighted by Gasteiger charge is 2.21. The Morgan fingerprint density at radius 2 is 1.79 bits per heavy atom. The third-order valence-corrected chi connectivity index (χ3v) is 8.59. The van der Waals surface area contributed by atoms with Crippen LogP contribution in [0.25, 0.3) is 21.9 Å². The monoisotopic (exact) mass is 585 g/mol. The van der Waals surface area contributed by atoms with Gasteiger partial charge in [-0.25, -0.2) is 9.67 Å². The first-order valence-electron chi connectivity index (χ1n) is 13.7. The van der Waals surface area contributed by atoms with Crippen LogP contribution >= 0.6 is 11.3 Å². The molecule has 5 rings (SSSR count). The Bertz CT molecular complexity index is 1850. The second kappa shape index (κ2) is 11.8. The normalized spacial score (nSPS) is 11.2. The quantitative estimate of drug-likeness (QED) is 0.239. The number of nitrogens with zero attached hydrogens (tertiary/aromatic N) is 5. The molecule has 0 aliphatic rings. The molecule has 0 radical (unpaired) electrons. The van der Waals surface area contributed by atoms with Crippen molar-refractivity contribution in [3.05, 3.63) is 92.0 Å². The van der Waals surface area contributed by atoms with Gasteiger partial charge in [-0.3, -0.25) is 14.0 Å². The smallest absolute Gasteiger partial charge is 0.268 e. The van der Waals surface area contributed by atoms with Crippen molar-refractivity contribution in [3.8, 4) is 28.4 Å². The van der Waals surface area contributed by atoms with Gasteiger partial charge in [-0.2, -0.15) is 5.10 Å². The Morgan fingerprint density at radius 3 is 2.52 bits per heavy atom.